The fourth-order valence-electron chi connectivity index (χ4n) is 6.88. The van der Waals surface area contributed by atoms with Gasteiger partial charge in [-0.1, -0.05) is 54.6 Å². The van der Waals surface area contributed by atoms with Gasteiger partial charge in [-0.3, -0.25) is 9.59 Å². The quantitative estimate of drug-likeness (QED) is 0.439. The monoisotopic (exact) mass is 523 g/mol. The van der Waals surface area contributed by atoms with E-state index in [2.05, 4.69) is 46.6 Å². The summed E-state index contributed by atoms with van der Waals surface area (Å²) in [5.41, 5.74) is 4.85. The molecule has 6 nitrogen and oxygen atoms in total. The first-order valence-corrected chi connectivity index (χ1v) is 14.2. The maximum atomic E-state index is 14.2. The van der Waals surface area contributed by atoms with E-state index in [0.717, 1.165) is 68.9 Å². The number of fused-ring (bicyclic) bond motifs is 2. The van der Waals surface area contributed by atoms with Gasteiger partial charge >= 0.3 is 0 Å². The number of morpholine rings is 1. The fourth-order valence-corrected chi connectivity index (χ4v) is 6.88. The van der Waals surface area contributed by atoms with Crippen LogP contribution in [-0.2, 0) is 33.7 Å². The summed E-state index contributed by atoms with van der Waals surface area (Å²) >= 11 is 0. The van der Waals surface area contributed by atoms with Crippen LogP contribution in [0.3, 0.4) is 0 Å². The van der Waals surface area contributed by atoms with E-state index < -0.39 is 5.54 Å². The van der Waals surface area contributed by atoms with Crippen LogP contribution in [0, 0.1) is 11.8 Å². The number of amides is 2. The molecule has 0 radical (unpaired) electrons. The van der Waals surface area contributed by atoms with Gasteiger partial charge in [-0.25, -0.2) is 0 Å². The lowest BCUT2D eigenvalue weighted by atomic mass is 9.62. The zero-order valence-corrected chi connectivity index (χ0v) is 22.4. The Kier molecular flexibility index (Phi) is 7.38. The summed E-state index contributed by atoms with van der Waals surface area (Å²) in [6, 6.07) is 26.7. The minimum absolute atomic E-state index is 0.0815. The van der Waals surface area contributed by atoms with Crippen LogP contribution >= 0.6 is 0 Å². The Morgan fingerprint density at radius 2 is 1.59 bits per heavy atom. The van der Waals surface area contributed by atoms with Crippen LogP contribution in [0.15, 0.2) is 78.9 Å². The van der Waals surface area contributed by atoms with E-state index in [-0.39, 0.29) is 5.91 Å². The number of benzene rings is 3. The van der Waals surface area contributed by atoms with Gasteiger partial charge < -0.3 is 19.9 Å². The predicted molar refractivity (Wildman–Crippen MR) is 154 cm³/mol. The summed E-state index contributed by atoms with van der Waals surface area (Å²) in [5.74, 6) is 0.821. The smallest absolute Gasteiger partial charge is 0.250 e. The average molecular weight is 524 g/mol. The van der Waals surface area contributed by atoms with Crippen molar-refractivity contribution in [3.8, 4) is 0 Å². The summed E-state index contributed by atoms with van der Waals surface area (Å²) in [4.78, 5) is 31.0. The summed E-state index contributed by atoms with van der Waals surface area (Å²) in [6.07, 6.45) is 5.19. The van der Waals surface area contributed by atoms with Crippen LogP contribution in [0.2, 0.25) is 0 Å². The van der Waals surface area contributed by atoms with E-state index in [0.29, 0.717) is 31.2 Å². The topological polar surface area (TPSA) is 61.9 Å². The van der Waals surface area contributed by atoms with Gasteiger partial charge in [0.1, 0.15) is 5.54 Å². The highest BCUT2D eigenvalue weighted by molar-refractivity contribution is 5.99. The van der Waals surface area contributed by atoms with Crippen LogP contribution in [0.5, 0.6) is 0 Å². The Bertz CT molecular complexity index is 1290. The second-order valence-corrected chi connectivity index (χ2v) is 11.3. The van der Waals surface area contributed by atoms with E-state index in [1.165, 1.54) is 11.1 Å². The number of hydrogen-bond donors (Lipinski definition) is 1. The van der Waals surface area contributed by atoms with Gasteiger partial charge in [-0.05, 0) is 84.9 Å². The van der Waals surface area contributed by atoms with Crippen LogP contribution in [0.4, 0.5) is 11.4 Å². The minimum atomic E-state index is -0.895. The first-order chi connectivity index (χ1) is 19.1. The maximum absolute atomic E-state index is 14.2. The molecule has 2 aliphatic carbocycles. The molecule has 1 aliphatic heterocycles. The van der Waals surface area contributed by atoms with Crippen LogP contribution in [-0.4, -0.2) is 49.1 Å². The van der Waals surface area contributed by atoms with Crippen molar-refractivity contribution in [2.75, 3.05) is 36.5 Å². The van der Waals surface area contributed by atoms with Gasteiger partial charge in [0.25, 0.3) is 0 Å². The molecule has 3 aromatic rings. The number of rotatable bonds is 7. The minimum Gasteiger partial charge on any atom is -0.378 e. The molecule has 0 aromatic heterocycles. The number of carbonyl (C=O) groups is 2. The summed E-state index contributed by atoms with van der Waals surface area (Å²) < 4.78 is 5.48. The average Bonchev–Trinajstić information content (AvgIpc) is 3.00. The van der Waals surface area contributed by atoms with Gasteiger partial charge in [0.05, 0.1) is 13.2 Å². The molecule has 1 N–H and O–H groups in total. The molecule has 202 valence electrons. The molecule has 2 fully saturated rings. The number of anilines is 2. The number of nitrogens with one attached hydrogen (secondary N) is 1. The summed E-state index contributed by atoms with van der Waals surface area (Å²) in [5, 5.41) is 3.22. The lowest BCUT2D eigenvalue weighted by molar-refractivity contribution is -0.143. The maximum Gasteiger partial charge on any atom is 0.250 e. The number of nitrogens with zero attached hydrogens (tertiary/aromatic N) is 2. The van der Waals surface area contributed by atoms with Crippen molar-refractivity contribution < 1.29 is 14.3 Å². The molecule has 6 rings (SSSR count). The molecule has 3 aromatic carbocycles. The summed E-state index contributed by atoms with van der Waals surface area (Å²) in [7, 11) is 0. The van der Waals surface area contributed by atoms with E-state index >= 15 is 0 Å². The first-order valence-electron chi connectivity index (χ1n) is 14.2. The van der Waals surface area contributed by atoms with E-state index in [4.69, 9.17) is 4.74 Å². The van der Waals surface area contributed by atoms with E-state index in [9.17, 15) is 9.59 Å². The molecule has 39 heavy (non-hydrogen) atoms. The second kappa shape index (κ2) is 11.2. The lowest BCUT2D eigenvalue weighted by Gasteiger charge is -2.50. The van der Waals surface area contributed by atoms with Crippen molar-refractivity contribution >= 4 is 23.7 Å². The molecule has 1 saturated carbocycles. The van der Waals surface area contributed by atoms with Crippen molar-refractivity contribution in [3.63, 3.8) is 0 Å². The van der Waals surface area contributed by atoms with Gasteiger partial charge in [-0.2, -0.15) is 0 Å². The normalized spacial score (nSPS) is 24.3. The Morgan fingerprint density at radius 3 is 2.28 bits per heavy atom. The van der Waals surface area contributed by atoms with Gasteiger partial charge in [0, 0.05) is 31.0 Å². The van der Waals surface area contributed by atoms with Crippen LogP contribution in [0.1, 0.15) is 36.0 Å². The third-order valence-corrected chi connectivity index (χ3v) is 9.07. The zero-order valence-electron chi connectivity index (χ0n) is 22.4. The highest BCUT2D eigenvalue weighted by atomic mass is 16.5. The van der Waals surface area contributed by atoms with Crippen molar-refractivity contribution in [1.29, 1.82) is 0 Å². The van der Waals surface area contributed by atoms with Crippen molar-refractivity contribution in [1.82, 2.24) is 4.90 Å². The second-order valence-electron chi connectivity index (χ2n) is 11.3. The Hall–Kier alpha value is -3.64. The standard InChI is InChI=1S/C33H37N3O3/c37-24-36(23-25-6-2-1-3-7-25)33(15-14-28-20-26-8-4-5-9-27(26)21-29(28)22-33)32(38)34-30-10-12-31(13-11-30)35-16-18-39-19-17-35/h1-13,24,28-29H,14-23H2,(H,34,38)/t28-,29+,33?/m1/s1. The highest BCUT2D eigenvalue weighted by Gasteiger charge is 2.50. The van der Waals surface area contributed by atoms with Gasteiger partial charge in [-0.15, -0.1) is 0 Å². The third-order valence-electron chi connectivity index (χ3n) is 9.07. The summed E-state index contributed by atoms with van der Waals surface area (Å²) in [6.45, 7) is 3.62. The van der Waals surface area contributed by atoms with E-state index in [1.54, 1.807) is 4.90 Å². The molecule has 0 bridgehead atoms. The SMILES string of the molecule is O=CN(Cc1ccccc1)C1(C(=O)Nc2ccc(N3CCOCC3)cc2)CC[C@@H]2Cc3ccccc3C[C@H]2C1. The predicted octanol–water partition coefficient (Wildman–Crippen LogP) is 5.07. The third kappa shape index (κ3) is 5.30. The van der Waals surface area contributed by atoms with Gasteiger partial charge in [0.15, 0.2) is 0 Å². The molecule has 6 heteroatoms. The molecule has 0 spiro atoms. The Morgan fingerprint density at radius 1 is 0.923 bits per heavy atom. The van der Waals surface area contributed by atoms with Crippen molar-refractivity contribution in [2.45, 2.75) is 44.2 Å². The molecular weight excluding hydrogens is 486 g/mol. The molecule has 3 atom stereocenters. The molecule has 1 heterocycles. The number of hydrogen-bond acceptors (Lipinski definition) is 4. The lowest BCUT2D eigenvalue weighted by Crippen LogP contribution is -2.60. The Labute approximate surface area is 231 Å². The molecular formula is C33H37N3O3. The largest absolute Gasteiger partial charge is 0.378 e. The van der Waals surface area contributed by atoms with Gasteiger partial charge in [0.2, 0.25) is 12.3 Å². The Balaban J connectivity index is 1.27. The molecule has 1 unspecified atom stereocenters. The number of carbonyl (C=O) groups excluding carboxylic acids is 2. The van der Waals surface area contributed by atoms with E-state index in [1.807, 2.05) is 42.5 Å². The molecule has 3 aliphatic rings. The molecule has 1 saturated heterocycles. The fraction of sp³-hybridized carbons (Fsp3) is 0.394. The van der Waals surface area contributed by atoms with Crippen LogP contribution < -0.4 is 10.2 Å². The van der Waals surface area contributed by atoms with Crippen molar-refractivity contribution in [3.05, 3.63) is 95.6 Å². The number of ether oxygens (including phenoxy) is 1. The van der Waals surface area contributed by atoms with Crippen molar-refractivity contribution in [2.24, 2.45) is 11.8 Å². The first kappa shape index (κ1) is 25.6. The van der Waals surface area contributed by atoms with Crippen LogP contribution in [0.25, 0.3) is 0 Å². The molecule has 2 amide bonds. The highest BCUT2D eigenvalue weighted by Crippen LogP contribution is 2.46. The zero-order chi connectivity index (χ0) is 26.7.